The van der Waals surface area contributed by atoms with Gasteiger partial charge in [0.25, 0.3) is 5.91 Å². The maximum absolute atomic E-state index is 14.1. The van der Waals surface area contributed by atoms with Crippen LogP contribution in [0.5, 0.6) is 11.5 Å². The van der Waals surface area contributed by atoms with Crippen molar-refractivity contribution in [2.45, 2.75) is 18.9 Å². The molecule has 0 spiro atoms. The molecule has 2 atom stereocenters. The monoisotopic (exact) mass is 428 g/mol. The summed E-state index contributed by atoms with van der Waals surface area (Å²) >= 11 is 0. The number of rotatable bonds is 6. The number of likely N-dealkylation sites (tertiary alicyclic amines) is 1. The van der Waals surface area contributed by atoms with E-state index >= 15 is 0 Å². The van der Waals surface area contributed by atoms with Gasteiger partial charge in [0, 0.05) is 39.0 Å². The van der Waals surface area contributed by atoms with Crippen LogP contribution in [0.4, 0.5) is 10.1 Å². The predicted molar refractivity (Wildman–Crippen MR) is 117 cm³/mol. The van der Waals surface area contributed by atoms with Gasteiger partial charge in [-0.25, -0.2) is 4.39 Å². The summed E-state index contributed by atoms with van der Waals surface area (Å²) < 4.78 is 25.1. The first kappa shape index (κ1) is 21.4. The third-order valence-corrected chi connectivity index (χ3v) is 6.50. The number of methoxy groups -OCH3 is 2. The summed E-state index contributed by atoms with van der Waals surface area (Å²) in [5, 5.41) is 0. The van der Waals surface area contributed by atoms with E-state index in [1.807, 2.05) is 34.1 Å². The average molecular weight is 429 g/mol. The van der Waals surface area contributed by atoms with Crippen molar-refractivity contribution < 1.29 is 23.6 Å². The number of halogens is 1. The highest BCUT2D eigenvalue weighted by Crippen LogP contribution is 2.31. The lowest BCUT2D eigenvalue weighted by molar-refractivity contribution is -0.910. The van der Waals surface area contributed by atoms with Gasteiger partial charge in [-0.2, -0.15) is 0 Å². The molecule has 1 amide bonds. The highest BCUT2D eigenvalue weighted by Gasteiger charge is 2.35. The first-order valence-corrected chi connectivity index (χ1v) is 10.9. The molecule has 2 aromatic carbocycles. The molecule has 2 fully saturated rings. The molecular weight excluding hydrogens is 397 g/mol. The largest absolute Gasteiger partial charge is 0.497 e. The summed E-state index contributed by atoms with van der Waals surface area (Å²) in [4.78, 5) is 18.3. The van der Waals surface area contributed by atoms with E-state index < -0.39 is 0 Å². The van der Waals surface area contributed by atoms with E-state index in [1.165, 1.54) is 11.0 Å². The number of hydrogen-bond donors (Lipinski definition) is 1. The number of ether oxygens (including phenoxy) is 2. The van der Waals surface area contributed by atoms with Crippen molar-refractivity contribution in [1.29, 1.82) is 0 Å². The fourth-order valence-corrected chi connectivity index (χ4v) is 4.82. The quantitative estimate of drug-likeness (QED) is 0.764. The number of para-hydroxylation sites is 1. The minimum absolute atomic E-state index is 0.164. The normalized spacial score (nSPS) is 21.3. The number of hydrogen-bond acceptors (Lipinski definition) is 4. The van der Waals surface area contributed by atoms with E-state index in [9.17, 15) is 9.18 Å². The zero-order valence-corrected chi connectivity index (χ0v) is 18.3. The van der Waals surface area contributed by atoms with Crippen LogP contribution in [0, 0.1) is 5.82 Å². The molecule has 4 rings (SSSR count). The number of nitrogens with zero attached hydrogens (tertiary/aromatic N) is 2. The van der Waals surface area contributed by atoms with Crippen LogP contribution in [-0.4, -0.2) is 64.3 Å². The van der Waals surface area contributed by atoms with Gasteiger partial charge in [-0.15, -0.1) is 0 Å². The molecule has 2 aliphatic rings. The second-order valence-electron chi connectivity index (χ2n) is 8.21. The SMILES string of the molecule is COc1ccc(OC)c([C@@H]2CCC[NH+]2CC(=O)N2CCN(c3ccccc3F)CC2)c1. The van der Waals surface area contributed by atoms with Crippen molar-refractivity contribution in [2.75, 3.05) is 58.4 Å². The van der Waals surface area contributed by atoms with Crippen molar-refractivity contribution in [2.24, 2.45) is 0 Å². The molecule has 2 saturated heterocycles. The number of piperazine rings is 1. The van der Waals surface area contributed by atoms with E-state index in [-0.39, 0.29) is 17.8 Å². The van der Waals surface area contributed by atoms with Crippen molar-refractivity contribution in [3.63, 3.8) is 0 Å². The zero-order valence-electron chi connectivity index (χ0n) is 18.3. The molecule has 2 heterocycles. The predicted octanol–water partition coefficient (Wildman–Crippen LogP) is 1.91. The number of carbonyl (C=O) groups excluding carboxylic acids is 1. The van der Waals surface area contributed by atoms with Crippen LogP contribution in [0.2, 0.25) is 0 Å². The molecule has 2 aliphatic heterocycles. The van der Waals surface area contributed by atoms with Gasteiger partial charge in [0.1, 0.15) is 23.4 Å². The number of carbonyl (C=O) groups is 1. The average Bonchev–Trinajstić information content (AvgIpc) is 3.27. The van der Waals surface area contributed by atoms with Gasteiger partial charge in [-0.05, 0) is 30.3 Å². The number of anilines is 1. The van der Waals surface area contributed by atoms with Gasteiger partial charge in [-0.3, -0.25) is 4.79 Å². The van der Waals surface area contributed by atoms with Gasteiger partial charge >= 0.3 is 0 Å². The highest BCUT2D eigenvalue weighted by atomic mass is 19.1. The van der Waals surface area contributed by atoms with Crippen molar-refractivity contribution >= 4 is 11.6 Å². The van der Waals surface area contributed by atoms with Crippen molar-refractivity contribution in [1.82, 2.24) is 4.90 Å². The molecular formula is C24H31FN3O3+. The number of benzene rings is 2. The molecule has 1 N–H and O–H groups in total. The highest BCUT2D eigenvalue weighted by molar-refractivity contribution is 5.77. The van der Waals surface area contributed by atoms with Crippen LogP contribution in [0.1, 0.15) is 24.4 Å². The smallest absolute Gasteiger partial charge is 0.277 e. The Labute approximate surface area is 183 Å². The maximum Gasteiger partial charge on any atom is 0.277 e. The van der Waals surface area contributed by atoms with Gasteiger partial charge in [0.05, 0.1) is 32.0 Å². The number of quaternary nitrogens is 1. The fourth-order valence-electron chi connectivity index (χ4n) is 4.82. The van der Waals surface area contributed by atoms with Crippen LogP contribution in [0.25, 0.3) is 0 Å². The summed E-state index contributed by atoms with van der Waals surface area (Å²) in [5.41, 5.74) is 1.72. The molecule has 2 aromatic rings. The third-order valence-electron chi connectivity index (χ3n) is 6.50. The first-order valence-electron chi connectivity index (χ1n) is 10.9. The summed E-state index contributed by atoms with van der Waals surface area (Å²) in [6, 6.07) is 12.9. The van der Waals surface area contributed by atoms with E-state index in [0.29, 0.717) is 38.4 Å². The molecule has 0 aliphatic carbocycles. The van der Waals surface area contributed by atoms with E-state index in [0.717, 1.165) is 36.4 Å². The lowest BCUT2D eigenvalue weighted by atomic mass is 10.0. The van der Waals surface area contributed by atoms with E-state index in [2.05, 4.69) is 0 Å². The summed E-state index contributed by atoms with van der Waals surface area (Å²) in [6.07, 6.45) is 2.10. The molecule has 0 radical (unpaired) electrons. The Hall–Kier alpha value is -2.80. The van der Waals surface area contributed by atoms with Gasteiger partial charge < -0.3 is 24.2 Å². The van der Waals surface area contributed by atoms with Gasteiger partial charge in [0.15, 0.2) is 6.54 Å². The Kier molecular flexibility index (Phi) is 6.61. The van der Waals surface area contributed by atoms with Crippen LogP contribution >= 0.6 is 0 Å². The molecule has 31 heavy (non-hydrogen) atoms. The number of nitrogens with one attached hydrogen (secondary N) is 1. The van der Waals surface area contributed by atoms with Crippen LogP contribution in [0.3, 0.4) is 0 Å². The Morgan fingerprint density at radius 2 is 1.87 bits per heavy atom. The second kappa shape index (κ2) is 9.56. The van der Waals surface area contributed by atoms with Crippen LogP contribution in [0.15, 0.2) is 42.5 Å². The van der Waals surface area contributed by atoms with E-state index in [4.69, 9.17) is 9.47 Å². The maximum atomic E-state index is 14.1. The molecule has 1 unspecified atom stereocenters. The van der Waals surface area contributed by atoms with Crippen LogP contribution in [-0.2, 0) is 4.79 Å². The van der Waals surface area contributed by atoms with E-state index in [1.54, 1.807) is 26.4 Å². The molecule has 6 nitrogen and oxygen atoms in total. The minimum Gasteiger partial charge on any atom is -0.497 e. The molecule has 0 saturated carbocycles. The summed E-state index contributed by atoms with van der Waals surface area (Å²) in [5.74, 6) is 1.60. The molecule has 0 aromatic heterocycles. The lowest BCUT2D eigenvalue weighted by Crippen LogP contribution is -3.11. The Bertz CT molecular complexity index is 915. The molecule has 0 bridgehead atoms. The molecule has 7 heteroatoms. The first-order chi connectivity index (χ1) is 15.1. The second-order valence-corrected chi connectivity index (χ2v) is 8.21. The van der Waals surface area contributed by atoms with Gasteiger partial charge in [0.2, 0.25) is 0 Å². The van der Waals surface area contributed by atoms with Crippen molar-refractivity contribution in [3.05, 3.63) is 53.8 Å². The topological polar surface area (TPSA) is 46.5 Å². The summed E-state index contributed by atoms with van der Waals surface area (Å²) in [7, 11) is 3.34. The standard InChI is InChI=1S/C24H30FN3O3/c1-30-18-9-10-23(31-2)19(16-18)21-8-5-11-28(21)17-24(29)27-14-12-26(13-15-27)22-7-4-3-6-20(22)25/h3-4,6-7,9-10,16,21H,5,8,11-15,17H2,1-2H3/p+1/t21-/m0/s1. The van der Waals surface area contributed by atoms with Crippen molar-refractivity contribution in [3.8, 4) is 11.5 Å². The van der Waals surface area contributed by atoms with Gasteiger partial charge in [-0.1, -0.05) is 12.1 Å². The lowest BCUT2D eigenvalue weighted by Gasteiger charge is -2.36. The minimum atomic E-state index is -0.209. The van der Waals surface area contributed by atoms with Crippen LogP contribution < -0.4 is 19.3 Å². The fraction of sp³-hybridized carbons (Fsp3) is 0.458. The zero-order chi connectivity index (χ0) is 21.8. The molecule has 166 valence electrons. The Morgan fingerprint density at radius 3 is 2.58 bits per heavy atom. The third kappa shape index (κ3) is 4.61. The Morgan fingerprint density at radius 1 is 1.10 bits per heavy atom. The number of amides is 1. The Balaban J connectivity index is 1.39. The summed E-state index contributed by atoms with van der Waals surface area (Å²) in [6.45, 7) is 3.96.